The lowest BCUT2D eigenvalue weighted by atomic mass is 9.89. The summed E-state index contributed by atoms with van der Waals surface area (Å²) in [5, 5.41) is 2.47. The van der Waals surface area contributed by atoms with Crippen LogP contribution in [0.15, 0.2) is 41.2 Å². The highest BCUT2D eigenvalue weighted by molar-refractivity contribution is 6.31. The van der Waals surface area contributed by atoms with E-state index in [0.29, 0.717) is 47.6 Å². The topological polar surface area (TPSA) is 41.0 Å². The van der Waals surface area contributed by atoms with Crippen LogP contribution in [0, 0.1) is 11.6 Å². The number of imidazole rings is 1. The molecule has 0 spiro atoms. The minimum atomic E-state index is -0.817. The number of nitrogens with zero attached hydrogens (tertiary/aromatic N) is 2. The van der Waals surface area contributed by atoms with Crippen LogP contribution >= 0.6 is 11.6 Å². The van der Waals surface area contributed by atoms with Crippen molar-refractivity contribution in [1.82, 2.24) is 9.66 Å². The molecule has 7 heteroatoms. The zero-order valence-corrected chi connectivity index (χ0v) is 14.1. The molecule has 0 atom stereocenters. The third kappa shape index (κ3) is 2.80. The molecular weight excluding hydrogens is 348 g/mol. The fraction of sp³-hybridized carbons (Fsp3) is 0.278. The Labute approximate surface area is 147 Å². The number of aromatic nitrogens is 2. The van der Waals surface area contributed by atoms with Crippen LogP contribution in [-0.4, -0.2) is 22.7 Å². The largest absolute Gasteiger partial charge is 0.345 e. The molecule has 1 aliphatic rings. The predicted octanol–water partition coefficient (Wildman–Crippen LogP) is 3.78. The monoisotopic (exact) mass is 363 g/mol. The molecule has 4 nitrogen and oxygen atoms in total. The summed E-state index contributed by atoms with van der Waals surface area (Å²) in [5.41, 5.74) is 1.61. The standard InChI is InChI=1S/C18H16ClF2N3O/c19-12-4-5-15-16(10-12)24(18(25)22-15)23-8-6-11(7-9-23)13-2-1-3-14(20)17(13)21/h1-5,10-11H,6-9H2,(H,22,25). The van der Waals surface area contributed by atoms with Gasteiger partial charge in [-0.3, -0.25) is 0 Å². The summed E-state index contributed by atoms with van der Waals surface area (Å²) in [6.07, 6.45) is 1.28. The molecule has 1 saturated heterocycles. The molecule has 0 radical (unpaired) electrons. The Morgan fingerprint density at radius 2 is 1.88 bits per heavy atom. The predicted molar refractivity (Wildman–Crippen MR) is 93.9 cm³/mol. The van der Waals surface area contributed by atoms with Gasteiger partial charge in [-0.15, -0.1) is 0 Å². The first-order chi connectivity index (χ1) is 12.0. The SMILES string of the molecule is O=c1[nH]c2ccc(Cl)cc2n1N1CCC(c2cccc(F)c2F)CC1. The van der Waals surface area contributed by atoms with Gasteiger partial charge in [0.15, 0.2) is 11.6 Å². The number of aromatic amines is 1. The summed E-state index contributed by atoms with van der Waals surface area (Å²) in [6.45, 7) is 1.14. The normalized spacial score (nSPS) is 15.9. The van der Waals surface area contributed by atoms with Gasteiger partial charge in [-0.05, 0) is 48.6 Å². The molecule has 1 aromatic heterocycles. The van der Waals surface area contributed by atoms with E-state index >= 15 is 0 Å². The molecule has 1 fully saturated rings. The summed E-state index contributed by atoms with van der Waals surface area (Å²) < 4.78 is 29.0. The van der Waals surface area contributed by atoms with Crippen molar-refractivity contribution in [2.75, 3.05) is 18.1 Å². The lowest BCUT2D eigenvalue weighted by molar-refractivity contribution is 0.414. The minimum Gasteiger partial charge on any atom is -0.308 e. The number of hydrogen-bond donors (Lipinski definition) is 1. The Hall–Kier alpha value is -2.34. The maximum atomic E-state index is 14.0. The fourth-order valence-corrected chi connectivity index (χ4v) is 3.72. The number of H-pyrrole nitrogens is 1. The number of fused-ring (bicyclic) bond motifs is 1. The molecule has 0 aliphatic carbocycles. The van der Waals surface area contributed by atoms with Crippen molar-refractivity contribution in [3.05, 3.63) is 69.1 Å². The summed E-state index contributed by atoms with van der Waals surface area (Å²) in [6, 6.07) is 9.53. The number of nitrogens with one attached hydrogen (secondary N) is 1. The number of benzene rings is 2. The zero-order chi connectivity index (χ0) is 17.6. The number of hydrogen-bond acceptors (Lipinski definition) is 2. The van der Waals surface area contributed by atoms with Crippen LogP contribution in [0.5, 0.6) is 0 Å². The highest BCUT2D eigenvalue weighted by atomic mass is 35.5. The van der Waals surface area contributed by atoms with Crippen molar-refractivity contribution < 1.29 is 8.78 Å². The summed E-state index contributed by atoms with van der Waals surface area (Å²) >= 11 is 6.05. The van der Waals surface area contributed by atoms with Gasteiger partial charge in [0, 0.05) is 18.1 Å². The van der Waals surface area contributed by atoms with Crippen LogP contribution in [0.4, 0.5) is 8.78 Å². The van der Waals surface area contributed by atoms with E-state index in [4.69, 9.17) is 11.6 Å². The number of halogens is 3. The Kier molecular flexibility index (Phi) is 4.00. The van der Waals surface area contributed by atoms with Gasteiger partial charge in [0.2, 0.25) is 0 Å². The Morgan fingerprint density at radius 3 is 2.64 bits per heavy atom. The molecule has 0 bridgehead atoms. The van der Waals surface area contributed by atoms with E-state index in [1.807, 2.05) is 5.01 Å². The lowest BCUT2D eigenvalue weighted by Crippen LogP contribution is -2.45. The van der Waals surface area contributed by atoms with Gasteiger partial charge in [0.25, 0.3) is 0 Å². The molecule has 3 aromatic rings. The maximum Gasteiger partial charge on any atom is 0.345 e. The molecule has 0 unspecified atom stereocenters. The van der Waals surface area contributed by atoms with Crippen molar-refractivity contribution in [2.45, 2.75) is 18.8 Å². The van der Waals surface area contributed by atoms with E-state index in [1.54, 1.807) is 28.9 Å². The third-order valence-electron chi connectivity index (χ3n) is 4.80. The fourth-order valence-electron chi connectivity index (χ4n) is 3.56. The smallest absolute Gasteiger partial charge is 0.308 e. The zero-order valence-electron chi connectivity index (χ0n) is 13.3. The van der Waals surface area contributed by atoms with Crippen molar-refractivity contribution in [1.29, 1.82) is 0 Å². The Bertz CT molecular complexity index is 990. The van der Waals surface area contributed by atoms with Crippen LogP contribution in [0.3, 0.4) is 0 Å². The second-order valence-corrected chi connectivity index (χ2v) is 6.71. The van der Waals surface area contributed by atoms with Gasteiger partial charge in [0.1, 0.15) is 0 Å². The van der Waals surface area contributed by atoms with E-state index in [2.05, 4.69) is 4.98 Å². The lowest BCUT2D eigenvalue weighted by Gasteiger charge is -2.34. The van der Waals surface area contributed by atoms with Crippen LogP contribution in [0.25, 0.3) is 11.0 Å². The highest BCUT2D eigenvalue weighted by Gasteiger charge is 2.25. The van der Waals surface area contributed by atoms with Gasteiger partial charge < -0.3 is 9.99 Å². The molecule has 1 N–H and O–H groups in total. The first-order valence-electron chi connectivity index (χ1n) is 8.14. The molecule has 130 valence electrons. The van der Waals surface area contributed by atoms with E-state index < -0.39 is 11.6 Å². The summed E-state index contributed by atoms with van der Waals surface area (Å²) in [4.78, 5) is 15.1. The van der Waals surface area contributed by atoms with Crippen LogP contribution in [0.2, 0.25) is 5.02 Å². The van der Waals surface area contributed by atoms with E-state index in [-0.39, 0.29) is 11.6 Å². The molecule has 4 rings (SSSR count). The molecule has 1 aliphatic heterocycles. The van der Waals surface area contributed by atoms with Crippen LogP contribution in [0.1, 0.15) is 24.3 Å². The molecule has 25 heavy (non-hydrogen) atoms. The van der Waals surface area contributed by atoms with Gasteiger partial charge >= 0.3 is 5.69 Å². The Balaban J connectivity index is 1.60. The minimum absolute atomic E-state index is 0.0588. The highest BCUT2D eigenvalue weighted by Crippen LogP contribution is 2.30. The maximum absolute atomic E-state index is 14.0. The van der Waals surface area contributed by atoms with Crippen molar-refractivity contribution in [3.63, 3.8) is 0 Å². The van der Waals surface area contributed by atoms with E-state index in [0.717, 1.165) is 6.07 Å². The second kappa shape index (κ2) is 6.19. The number of piperidine rings is 1. The van der Waals surface area contributed by atoms with Crippen molar-refractivity contribution in [2.24, 2.45) is 0 Å². The van der Waals surface area contributed by atoms with Crippen molar-refractivity contribution in [3.8, 4) is 0 Å². The van der Waals surface area contributed by atoms with Crippen molar-refractivity contribution >= 4 is 22.6 Å². The molecule has 2 heterocycles. The molecule has 0 amide bonds. The van der Waals surface area contributed by atoms with Gasteiger partial charge in [-0.1, -0.05) is 23.7 Å². The van der Waals surface area contributed by atoms with Crippen LogP contribution in [-0.2, 0) is 0 Å². The average molecular weight is 364 g/mol. The molecule has 0 saturated carbocycles. The third-order valence-corrected chi connectivity index (χ3v) is 5.03. The first kappa shape index (κ1) is 16.1. The summed E-state index contributed by atoms with van der Waals surface area (Å²) in [7, 11) is 0. The van der Waals surface area contributed by atoms with Gasteiger partial charge in [0.05, 0.1) is 11.0 Å². The Morgan fingerprint density at radius 1 is 1.12 bits per heavy atom. The number of rotatable bonds is 2. The second-order valence-electron chi connectivity index (χ2n) is 6.27. The van der Waals surface area contributed by atoms with E-state index in [1.165, 1.54) is 6.07 Å². The summed E-state index contributed by atoms with van der Waals surface area (Å²) in [5.74, 6) is -1.64. The van der Waals surface area contributed by atoms with E-state index in [9.17, 15) is 13.6 Å². The van der Waals surface area contributed by atoms with Gasteiger partial charge in [-0.2, -0.15) is 0 Å². The first-order valence-corrected chi connectivity index (χ1v) is 8.52. The van der Waals surface area contributed by atoms with Gasteiger partial charge in [-0.25, -0.2) is 18.3 Å². The average Bonchev–Trinajstić information content (AvgIpc) is 2.93. The van der Waals surface area contributed by atoms with Crippen LogP contribution < -0.4 is 10.7 Å². The molecular formula is C18H16ClF2N3O. The molecule has 2 aromatic carbocycles. The quantitative estimate of drug-likeness (QED) is 0.753.